The van der Waals surface area contributed by atoms with Crippen LogP contribution in [0.25, 0.3) is 11.2 Å². The van der Waals surface area contributed by atoms with E-state index in [-0.39, 0.29) is 18.1 Å². The molecule has 0 radical (unpaired) electrons. The number of aliphatic hydroxyl groups excluding tert-OH is 2. The van der Waals surface area contributed by atoms with E-state index in [1.165, 1.54) is 29.4 Å². The number of benzene rings is 1. The third-order valence-corrected chi connectivity index (χ3v) is 4.94. The molecule has 1 saturated heterocycles. The molecule has 1 aromatic carbocycles. The summed E-state index contributed by atoms with van der Waals surface area (Å²) in [5.74, 6) is 0.263. The van der Waals surface area contributed by atoms with E-state index in [2.05, 4.69) is 15.0 Å². The van der Waals surface area contributed by atoms with Crippen LogP contribution in [-0.4, -0.2) is 54.7 Å². The summed E-state index contributed by atoms with van der Waals surface area (Å²) >= 11 is 0. The van der Waals surface area contributed by atoms with Crippen LogP contribution >= 0.6 is 0 Å². The molecule has 3 heterocycles. The van der Waals surface area contributed by atoms with Gasteiger partial charge in [0.2, 0.25) is 5.88 Å². The lowest BCUT2D eigenvalue weighted by atomic mass is 10.1. The summed E-state index contributed by atoms with van der Waals surface area (Å²) in [4.78, 5) is 12.6. The maximum absolute atomic E-state index is 12.6. The SMILES string of the molecule is C[C@H]1O[C@@H](n2cnc3c(OCCc4ccc(C(F)F)cc4)ncnc32)[C@H](O)[C@@H]1O. The molecule has 29 heavy (non-hydrogen) atoms. The van der Waals surface area contributed by atoms with Gasteiger partial charge in [-0.1, -0.05) is 24.3 Å². The number of alkyl halides is 2. The minimum atomic E-state index is -2.49. The quantitative estimate of drug-likeness (QED) is 0.646. The number of hydrogen-bond donors (Lipinski definition) is 2. The third-order valence-electron chi connectivity index (χ3n) is 4.94. The minimum Gasteiger partial charge on any atom is -0.476 e. The Bertz CT molecular complexity index is 982. The van der Waals surface area contributed by atoms with E-state index in [9.17, 15) is 19.0 Å². The number of aliphatic hydroxyl groups is 2. The second-order valence-electron chi connectivity index (χ2n) is 6.86. The van der Waals surface area contributed by atoms with Gasteiger partial charge in [0.25, 0.3) is 6.43 Å². The molecule has 4 rings (SSSR count). The fourth-order valence-corrected chi connectivity index (χ4v) is 3.28. The summed E-state index contributed by atoms with van der Waals surface area (Å²) in [5.41, 5.74) is 1.64. The molecule has 2 aromatic heterocycles. The summed E-state index contributed by atoms with van der Waals surface area (Å²) in [6.45, 7) is 1.94. The van der Waals surface area contributed by atoms with E-state index in [0.29, 0.717) is 17.6 Å². The van der Waals surface area contributed by atoms with Crippen molar-refractivity contribution < 1.29 is 28.5 Å². The van der Waals surface area contributed by atoms with E-state index in [1.54, 1.807) is 19.1 Å². The molecule has 10 heteroatoms. The van der Waals surface area contributed by atoms with E-state index in [1.807, 2.05) is 0 Å². The Morgan fingerprint density at radius 2 is 1.90 bits per heavy atom. The molecule has 1 fully saturated rings. The summed E-state index contributed by atoms with van der Waals surface area (Å²) in [7, 11) is 0. The second-order valence-corrected chi connectivity index (χ2v) is 6.86. The molecule has 0 saturated carbocycles. The zero-order chi connectivity index (χ0) is 20.5. The Morgan fingerprint density at radius 3 is 2.55 bits per heavy atom. The molecule has 3 aromatic rings. The summed E-state index contributed by atoms with van der Waals surface area (Å²) in [6, 6.07) is 6.07. The topological polar surface area (TPSA) is 103 Å². The van der Waals surface area contributed by atoms with Gasteiger partial charge in [0.05, 0.1) is 19.0 Å². The normalized spacial score (nSPS) is 24.5. The number of imidazole rings is 1. The fourth-order valence-electron chi connectivity index (χ4n) is 3.28. The summed E-state index contributed by atoms with van der Waals surface area (Å²) < 4.78 is 38.1. The standard InChI is InChI=1S/C19H20F2N4O4/c1-10-14(26)15(27)19(29-10)25-9-24-13-17(25)22-8-23-18(13)28-7-6-11-2-4-12(5-3-11)16(20)21/h2-5,8-10,14-16,19,26-27H,6-7H2,1H3/t10-,14-,15-,19-/m1/s1. The van der Waals surface area contributed by atoms with Crippen LogP contribution in [0, 0.1) is 0 Å². The van der Waals surface area contributed by atoms with Gasteiger partial charge >= 0.3 is 0 Å². The molecule has 154 valence electrons. The van der Waals surface area contributed by atoms with Crippen LogP contribution in [0.4, 0.5) is 8.78 Å². The van der Waals surface area contributed by atoms with Gasteiger partial charge < -0.3 is 19.7 Å². The van der Waals surface area contributed by atoms with E-state index in [0.717, 1.165) is 5.56 Å². The van der Waals surface area contributed by atoms with Crippen molar-refractivity contribution in [1.82, 2.24) is 19.5 Å². The van der Waals surface area contributed by atoms with Gasteiger partial charge in [-0.25, -0.2) is 18.7 Å². The van der Waals surface area contributed by atoms with Gasteiger partial charge in [0.1, 0.15) is 18.5 Å². The molecular weight excluding hydrogens is 386 g/mol. The average molecular weight is 406 g/mol. The van der Waals surface area contributed by atoms with Crippen LogP contribution in [0.5, 0.6) is 5.88 Å². The molecular formula is C19H20F2N4O4. The van der Waals surface area contributed by atoms with E-state index < -0.39 is 31.0 Å². The van der Waals surface area contributed by atoms with Gasteiger partial charge in [-0.05, 0) is 12.5 Å². The Morgan fingerprint density at radius 1 is 1.14 bits per heavy atom. The number of rotatable bonds is 6. The van der Waals surface area contributed by atoms with E-state index >= 15 is 0 Å². The first-order valence-electron chi connectivity index (χ1n) is 9.14. The van der Waals surface area contributed by atoms with Crippen LogP contribution < -0.4 is 4.74 Å². The molecule has 2 N–H and O–H groups in total. The predicted molar refractivity (Wildman–Crippen MR) is 97.5 cm³/mol. The van der Waals surface area contributed by atoms with Gasteiger partial charge in [0, 0.05) is 12.0 Å². The van der Waals surface area contributed by atoms with Gasteiger partial charge in [0.15, 0.2) is 17.4 Å². The number of ether oxygens (including phenoxy) is 2. The second kappa shape index (κ2) is 7.97. The molecule has 0 amide bonds. The number of hydrogen-bond acceptors (Lipinski definition) is 7. The van der Waals surface area contributed by atoms with Crippen molar-refractivity contribution in [3.05, 3.63) is 48.0 Å². The van der Waals surface area contributed by atoms with Crippen molar-refractivity contribution in [2.75, 3.05) is 6.61 Å². The highest BCUT2D eigenvalue weighted by molar-refractivity contribution is 5.76. The fraction of sp³-hybridized carbons (Fsp3) is 0.421. The zero-order valence-corrected chi connectivity index (χ0v) is 15.5. The lowest BCUT2D eigenvalue weighted by molar-refractivity contribution is -0.0299. The predicted octanol–water partition coefficient (Wildman–Crippen LogP) is 2.02. The number of aromatic nitrogens is 4. The van der Waals surface area contributed by atoms with Crippen LogP contribution in [0.3, 0.4) is 0 Å². The number of halogens is 2. The van der Waals surface area contributed by atoms with Crippen molar-refractivity contribution in [3.63, 3.8) is 0 Å². The maximum atomic E-state index is 12.6. The maximum Gasteiger partial charge on any atom is 0.263 e. The molecule has 8 nitrogen and oxygen atoms in total. The summed E-state index contributed by atoms with van der Waals surface area (Å²) in [6.07, 6.45) is -2.69. The monoisotopic (exact) mass is 406 g/mol. The third kappa shape index (κ3) is 3.78. The van der Waals surface area contributed by atoms with Crippen molar-refractivity contribution >= 4 is 11.2 Å². The highest BCUT2D eigenvalue weighted by Crippen LogP contribution is 2.32. The first-order valence-corrected chi connectivity index (χ1v) is 9.14. The molecule has 0 bridgehead atoms. The molecule has 0 spiro atoms. The number of fused-ring (bicyclic) bond motifs is 1. The average Bonchev–Trinajstić information content (AvgIpc) is 3.25. The highest BCUT2D eigenvalue weighted by Gasteiger charge is 2.42. The molecule has 1 aliphatic rings. The molecule has 1 aliphatic heterocycles. The van der Waals surface area contributed by atoms with Crippen LogP contribution in [0.2, 0.25) is 0 Å². The van der Waals surface area contributed by atoms with Crippen molar-refractivity contribution in [1.29, 1.82) is 0 Å². The highest BCUT2D eigenvalue weighted by atomic mass is 19.3. The molecule has 0 aliphatic carbocycles. The Balaban J connectivity index is 1.47. The number of nitrogens with zero attached hydrogens (tertiary/aromatic N) is 4. The van der Waals surface area contributed by atoms with Crippen LogP contribution in [0.1, 0.15) is 30.7 Å². The first kappa shape index (κ1) is 19.6. The molecule has 4 atom stereocenters. The largest absolute Gasteiger partial charge is 0.476 e. The first-order chi connectivity index (χ1) is 14.0. The van der Waals surface area contributed by atoms with Crippen LogP contribution in [-0.2, 0) is 11.2 Å². The molecule has 0 unspecified atom stereocenters. The van der Waals surface area contributed by atoms with Gasteiger partial charge in [-0.3, -0.25) is 4.57 Å². The van der Waals surface area contributed by atoms with Crippen molar-refractivity contribution in [2.24, 2.45) is 0 Å². The van der Waals surface area contributed by atoms with E-state index in [4.69, 9.17) is 9.47 Å². The van der Waals surface area contributed by atoms with Crippen LogP contribution in [0.15, 0.2) is 36.9 Å². The van der Waals surface area contributed by atoms with Gasteiger partial charge in [-0.15, -0.1) is 0 Å². The van der Waals surface area contributed by atoms with Gasteiger partial charge in [-0.2, -0.15) is 4.98 Å². The smallest absolute Gasteiger partial charge is 0.263 e. The zero-order valence-electron chi connectivity index (χ0n) is 15.5. The van der Waals surface area contributed by atoms with Crippen molar-refractivity contribution in [3.8, 4) is 5.88 Å². The lowest BCUT2D eigenvalue weighted by Gasteiger charge is -2.16. The minimum absolute atomic E-state index is 0.0199. The Kier molecular flexibility index (Phi) is 5.39. The Labute approximate surface area is 164 Å². The lowest BCUT2D eigenvalue weighted by Crippen LogP contribution is -2.30. The Hall–Kier alpha value is -2.69. The van der Waals surface area contributed by atoms with Crippen molar-refractivity contribution in [2.45, 2.75) is 44.3 Å². The summed E-state index contributed by atoms with van der Waals surface area (Å²) in [5, 5.41) is 20.1.